The molecule has 0 aliphatic heterocycles. The fourth-order valence-corrected chi connectivity index (χ4v) is 2.09. The summed E-state index contributed by atoms with van der Waals surface area (Å²) in [6.07, 6.45) is -8.25. The van der Waals surface area contributed by atoms with E-state index in [4.69, 9.17) is 5.73 Å². The number of aromatic nitrogens is 1. The highest BCUT2D eigenvalue weighted by molar-refractivity contribution is 5.93. The number of aliphatic imine (C=N–C) groups is 1. The summed E-state index contributed by atoms with van der Waals surface area (Å²) in [5, 5.41) is 4.93. The zero-order valence-electron chi connectivity index (χ0n) is 14.1. The number of hydrogen-bond donors (Lipinski definition) is 3. The van der Waals surface area contributed by atoms with Gasteiger partial charge < -0.3 is 21.1 Å². The van der Waals surface area contributed by atoms with Crippen molar-refractivity contribution in [3.8, 4) is 5.75 Å². The van der Waals surface area contributed by atoms with Gasteiger partial charge in [0.25, 0.3) is 0 Å². The molecule has 12 heteroatoms. The lowest BCUT2D eigenvalue weighted by molar-refractivity contribution is -0.274. The number of nitrogens with two attached hydrogens (primary N) is 1. The molecule has 0 unspecified atom stereocenters. The van der Waals surface area contributed by atoms with Gasteiger partial charge in [-0.3, -0.25) is 4.99 Å². The van der Waals surface area contributed by atoms with E-state index in [0.29, 0.717) is 0 Å². The Morgan fingerprint density at radius 1 is 1.07 bits per heavy atom. The number of ether oxygens (including phenoxy) is 1. The minimum absolute atomic E-state index is 0.0385. The van der Waals surface area contributed by atoms with Gasteiger partial charge in [0, 0.05) is 12.7 Å². The molecule has 28 heavy (non-hydrogen) atoms. The van der Waals surface area contributed by atoms with E-state index >= 15 is 0 Å². The number of para-hydroxylation sites is 2. The Hall–Kier alpha value is -3.18. The first-order valence-electron chi connectivity index (χ1n) is 7.74. The summed E-state index contributed by atoms with van der Waals surface area (Å²) in [5.41, 5.74) is 4.60. The molecule has 0 saturated heterocycles. The molecule has 152 valence electrons. The molecule has 0 saturated carbocycles. The Bertz CT molecular complexity index is 822. The van der Waals surface area contributed by atoms with E-state index in [1.165, 1.54) is 24.4 Å². The summed E-state index contributed by atoms with van der Waals surface area (Å²) in [6, 6.07) is 7.23. The second kappa shape index (κ2) is 8.67. The van der Waals surface area contributed by atoms with Crippen LogP contribution in [0.2, 0.25) is 0 Å². The number of rotatable bonds is 6. The maximum atomic E-state index is 12.9. The molecule has 0 spiro atoms. The molecule has 0 bridgehead atoms. The Morgan fingerprint density at radius 2 is 1.79 bits per heavy atom. The van der Waals surface area contributed by atoms with Gasteiger partial charge in [-0.25, -0.2) is 4.98 Å². The molecule has 2 aromatic rings. The molecule has 0 radical (unpaired) electrons. The summed E-state index contributed by atoms with van der Waals surface area (Å²) in [6.45, 7) is -0.0990. The average molecular weight is 407 g/mol. The van der Waals surface area contributed by atoms with Crippen molar-refractivity contribution in [2.24, 2.45) is 10.7 Å². The van der Waals surface area contributed by atoms with Crippen LogP contribution in [0.5, 0.6) is 5.75 Å². The molecule has 0 aliphatic rings. The average Bonchev–Trinajstić information content (AvgIpc) is 2.59. The molecule has 0 atom stereocenters. The number of halogens is 6. The van der Waals surface area contributed by atoms with Crippen molar-refractivity contribution in [3.63, 3.8) is 0 Å². The number of pyridine rings is 1. The van der Waals surface area contributed by atoms with Gasteiger partial charge in [-0.15, -0.1) is 13.2 Å². The van der Waals surface area contributed by atoms with Gasteiger partial charge in [-0.05, 0) is 24.3 Å². The van der Waals surface area contributed by atoms with Gasteiger partial charge in [0.05, 0.1) is 17.8 Å². The molecular formula is C16H15F6N5O. The topological polar surface area (TPSA) is 84.6 Å². The Kier molecular flexibility index (Phi) is 6.54. The first-order valence-corrected chi connectivity index (χ1v) is 7.74. The molecule has 0 amide bonds. The summed E-state index contributed by atoms with van der Waals surface area (Å²) in [5.74, 6) is -1.10. The monoisotopic (exact) mass is 407 g/mol. The maximum absolute atomic E-state index is 12.9. The van der Waals surface area contributed by atoms with E-state index in [1.807, 2.05) is 0 Å². The van der Waals surface area contributed by atoms with Gasteiger partial charge in [0.15, 0.2) is 11.7 Å². The second-order valence-electron chi connectivity index (χ2n) is 5.26. The Morgan fingerprint density at radius 3 is 2.46 bits per heavy atom. The number of guanidine groups is 1. The summed E-state index contributed by atoms with van der Waals surface area (Å²) in [4.78, 5) is 7.46. The third kappa shape index (κ3) is 6.52. The standard InChI is InChI=1S/C16H15F6N5O/c17-15(18,19)10-4-3-7-24-13(10)25-8-9-26-14(23)27-11-5-1-2-6-12(11)28-16(20,21)22/h1-7H,8-9H2,(H,24,25)(H3,23,26,27). The Labute approximate surface area is 155 Å². The van der Waals surface area contributed by atoms with Crippen LogP contribution in [-0.2, 0) is 6.18 Å². The number of hydrogen-bond acceptors (Lipinski definition) is 4. The second-order valence-corrected chi connectivity index (χ2v) is 5.26. The van der Waals surface area contributed by atoms with E-state index in [-0.39, 0.29) is 30.6 Å². The van der Waals surface area contributed by atoms with Crippen LogP contribution >= 0.6 is 0 Å². The van der Waals surface area contributed by atoms with Crippen LogP contribution in [0.1, 0.15) is 5.56 Å². The molecule has 4 N–H and O–H groups in total. The van der Waals surface area contributed by atoms with Crippen LogP contribution in [0.25, 0.3) is 0 Å². The van der Waals surface area contributed by atoms with Gasteiger partial charge in [0.1, 0.15) is 5.82 Å². The lowest BCUT2D eigenvalue weighted by atomic mass is 10.2. The number of benzene rings is 1. The molecular weight excluding hydrogens is 392 g/mol. The largest absolute Gasteiger partial charge is 0.573 e. The predicted octanol–water partition coefficient (Wildman–Crippen LogP) is 3.84. The predicted molar refractivity (Wildman–Crippen MR) is 91.0 cm³/mol. The summed E-state index contributed by atoms with van der Waals surface area (Å²) < 4.78 is 79.6. The van der Waals surface area contributed by atoms with E-state index < -0.39 is 23.9 Å². The number of nitrogens with one attached hydrogen (secondary N) is 2. The maximum Gasteiger partial charge on any atom is 0.573 e. The van der Waals surface area contributed by atoms with Crippen molar-refractivity contribution in [2.75, 3.05) is 23.7 Å². The van der Waals surface area contributed by atoms with E-state index in [2.05, 4.69) is 25.3 Å². The van der Waals surface area contributed by atoms with Gasteiger partial charge in [-0.2, -0.15) is 13.2 Å². The zero-order chi connectivity index (χ0) is 20.8. The van der Waals surface area contributed by atoms with Crippen molar-refractivity contribution in [3.05, 3.63) is 48.2 Å². The first-order chi connectivity index (χ1) is 13.1. The molecule has 0 fully saturated rings. The fraction of sp³-hybridized carbons (Fsp3) is 0.250. The van der Waals surface area contributed by atoms with E-state index in [1.54, 1.807) is 0 Å². The molecule has 2 rings (SSSR count). The van der Waals surface area contributed by atoms with Crippen LogP contribution in [0, 0.1) is 0 Å². The highest BCUT2D eigenvalue weighted by atomic mass is 19.4. The number of nitrogens with zero attached hydrogens (tertiary/aromatic N) is 2. The van der Waals surface area contributed by atoms with Crippen LogP contribution in [-0.4, -0.2) is 30.4 Å². The first kappa shape index (κ1) is 21.1. The highest BCUT2D eigenvalue weighted by Crippen LogP contribution is 2.33. The fourth-order valence-electron chi connectivity index (χ4n) is 2.09. The minimum Gasteiger partial charge on any atom is -0.404 e. The molecule has 1 aromatic heterocycles. The summed E-state index contributed by atoms with van der Waals surface area (Å²) in [7, 11) is 0. The van der Waals surface area contributed by atoms with Crippen molar-refractivity contribution < 1.29 is 31.1 Å². The quantitative estimate of drug-likeness (QED) is 0.293. The van der Waals surface area contributed by atoms with Gasteiger partial charge in [0.2, 0.25) is 0 Å². The van der Waals surface area contributed by atoms with Gasteiger partial charge >= 0.3 is 12.5 Å². The molecule has 1 heterocycles. The van der Waals surface area contributed by atoms with E-state index in [9.17, 15) is 26.3 Å². The smallest absolute Gasteiger partial charge is 0.404 e. The van der Waals surface area contributed by atoms with Crippen LogP contribution in [0.3, 0.4) is 0 Å². The van der Waals surface area contributed by atoms with Crippen LogP contribution in [0.15, 0.2) is 47.6 Å². The van der Waals surface area contributed by atoms with Crippen molar-refractivity contribution in [1.82, 2.24) is 4.98 Å². The van der Waals surface area contributed by atoms with Gasteiger partial charge in [-0.1, -0.05) is 12.1 Å². The van der Waals surface area contributed by atoms with Crippen molar-refractivity contribution >= 4 is 17.5 Å². The lowest BCUT2D eigenvalue weighted by Crippen LogP contribution is -2.25. The molecule has 6 nitrogen and oxygen atoms in total. The lowest BCUT2D eigenvalue weighted by Gasteiger charge is -2.14. The van der Waals surface area contributed by atoms with Crippen molar-refractivity contribution in [1.29, 1.82) is 0 Å². The van der Waals surface area contributed by atoms with Crippen LogP contribution < -0.4 is 21.1 Å². The number of alkyl halides is 6. The summed E-state index contributed by atoms with van der Waals surface area (Å²) >= 11 is 0. The van der Waals surface area contributed by atoms with Crippen LogP contribution in [0.4, 0.5) is 37.8 Å². The highest BCUT2D eigenvalue weighted by Gasteiger charge is 2.34. The SMILES string of the molecule is NC(=NCCNc1ncccc1C(F)(F)F)Nc1ccccc1OC(F)(F)F. The number of anilines is 2. The molecule has 0 aliphatic carbocycles. The Balaban J connectivity index is 1.95. The third-order valence-corrected chi connectivity index (χ3v) is 3.17. The zero-order valence-corrected chi connectivity index (χ0v) is 14.1. The van der Waals surface area contributed by atoms with E-state index in [0.717, 1.165) is 18.2 Å². The van der Waals surface area contributed by atoms with Crippen molar-refractivity contribution in [2.45, 2.75) is 12.5 Å². The third-order valence-electron chi connectivity index (χ3n) is 3.17. The molecule has 1 aromatic carbocycles. The normalized spacial score (nSPS) is 12.6. The minimum atomic E-state index is -4.88.